The standard InChI is InChI=1S/C25H17B3F6O7S/c26-9-13-5-18(10-27)20(19(6-13)11-28)40-21(35)16-3-1-15-8-17(4-2-14(15)7-16)22(36)41-23(24(29,30)31,25(32,33)34)12-42(37,38)39/h1-8H,9-12H2,(H,37,38,39). The van der Waals surface area contributed by atoms with Crippen LogP contribution >= 0.6 is 0 Å². The van der Waals surface area contributed by atoms with E-state index in [9.17, 15) is 44.3 Å². The minimum Gasteiger partial charge on any atom is -0.435 e. The molecule has 7 nitrogen and oxygen atoms in total. The number of halogens is 6. The van der Waals surface area contributed by atoms with E-state index < -0.39 is 51.3 Å². The normalized spacial score (nSPS) is 12.7. The molecule has 0 bridgehead atoms. The number of carbonyl (C=O) groups excluding carboxylic acids is 2. The first-order valence-corrected chi connectivity index (χ1v) is 13.3. The molecule has 0 amide bonds. The van der Waals surface area contributed by atoms with E-state index in [2.05, 4.69) is 4.74 Å². The summed E-state index contributed by atoms with van der Waals surface area (Å²) in [4.78, 5) is 25.3. The third kappa shape index (κ3) is 6.94. The molecule has 0 unspecified atom stereocenters. The largest absolute Gasteiger partial charge is 0.438 e. The highest BCUT2D eigenvalue weighted by Crippen LogP contribution is 2.47. The van der Waals surface area contributed by atoms with Gasteiger partial charge in [-0.3, -0.25) is 4.55 Å². The van der Waals surface area contributed by atoms with Crippen molar-refractivity contribution >= 4 is 56.4 Å². The summed E-state index contributed by atoms with van der Waals surface area (Å²) in [6, 6.07) is 9.77. The Labute approximate surface area is 239 Å². The molecular formula is C25H17B3F6O7S. The number of esters is 2. The van der Waals surface area contributed by atoms with Gasteiger partial charge in [0.25, 0.3) is 10.1 Å². The lowest BCUT2D eigenvalue weighted by atomic mass is 9.85. The van der Waals surface area contributed by atoms with Crippen molar-refractivity contribution in [3.05, 3.63) is 76.3 Å². The van der Waals surface area contributed by atoms with Crippen molar-refractivity contribution in [3.8, 4) is 5.75 Å². The van der Waals surface area contributed by atoms with Crippen molar-refractivity contribution < 1.29 is 58.4 Å². The number of benzene rings is 3. The molecule has 0 aliphatic carbocycles. The zero-order chi connectivity index (χ0) is 31.7. The third-order valence-electron chi connectivity index (χ3n) is 6.05. The van der Waals surface area contributed by atoms with Crippen molar-refractivity contribution in [2.45, 2.75) is 36.9 Å². The van der Waals surface area contributed by atoms with Gasteiger partial charge in [0.05, 0.1) is 34.7 Å². The van der Waals surface area contributed by atoms with Gasteiger partial charge in [-0.05, 0) is 46.2 Å². The molecule has 1 N–H and O–H groups in total. The Morgan fingerprint density at radius 3 is 1.57 bits per heavy atom. The fraction of sp³-hybridized carbons (Fsp3) is 0.280. The Bertz CT molecular complexity index is 1590. The smallest absolute Gasteiger partial charge is 0.435 e. The molecule has 0 aliphatic rings. The van der Waals surface area contributed by atoms with Crippen LogP contribution in [-0.4, -0.2) is 72.2 Å². The van der Waals surface area contributed by atoms with Gasteiger partial charge in [0, 0.05) is 0 Å². The van der Waals surface area contributed by atoms with Crippen LogP contribution < -0.4 is 4.74 Å². The Morgan fingerprint density at radius 2 is 1.19 bits per heavy atom. The van der Waals surface area contributed by atoms with Gasteiger partial charge in [0.15, 0.2) is 0 Å². The second-order valence-electron chi connectivity index (χ2n) is 8.96. The lowest BCUT2D eigenvalue weighted by Crippen LogP contribution is -2.63. The van der Waals surface area contributed by atoms with E-state index in [1.807, 2.05) is 0 Å². The van der Waals surface area contributed by atoms with Crippen LogP contribution in [0.4, 0.5) is 26.3 Å². The number of ether oxygens (including phenoxy) is 2. The average molecular weight is 608 g/mol. The Kier molecular flexibility index (Phi) is 9.47. The van der Waals surface area contributed by atoms with Crippen LogP contribution in [0.15, 0.2) is 48.5 Å². The number of fused-ring (bicyclic) bond motifs is 1. The van der Waals surface area contributed by atoms with Gasteiger partial charge in [-0.2, -0.15) is 34.8 Å². The lowest BCUT2D eigenvalue weighted by Gasteiger charge is -2.35. The molecule has 216 valence electrons. The lowest BCUT2D eigenvalue weighted by molar-refractivity contribution is -0.356. The monoisotopic (exact) mass is 608 g/mol. The number of hydrogen-bond acceptors (Lipinski definition) is 6. The molecule has 17 heteroatoms. The van der Waals surface area contributed by atoms with Crippen LogP contribution in [0.2, 0.25) is 0 Å². The molecule has 0 heterocycles. The van der Waals surface area contributed by atoms with Crippen LogP contribution in [0.5, 0.6) is 5.75 Å². The summed E-state index contributed by atoms with van der Waals surface area (Å²) >= 11 is 0. The van der Waals surface area contributed by atoms with Gasteiger partial charge in [-0.25, -0.2) is 9.59 Å². The van der Waals surface area contributed by atoms with Crippen LogP contribution in [-0.2, 0) is 33.8 Å². The predicted octanol–water partition coefficient (Wildman–Crippen LogP) is 3.97. The van der Waals surface area contributed by atoms with Gasteiger partial charge in [0.2, 0.25) is 0 Å². The highest BCUT2D eigenvalue weighted by Gasteiger charge is 2.76. The van der Waals surface area contributed by atoms with E-state index in [0.717, 1.165) is 18.2 Å². The SMILES string of the molecule is [B]Cc1cc(C[B])c(OC(=O)c2ccc3cc(C(=O)OC(CS(=O)(=O)O)(C(F)(F)F)C(F)(F)F)ccc3c2)c(C[B])c1. The zero-order valence-electron chi connectivity index (χ0n) is 21.3. The van der Waals surface area contributed by atoms with Gasteiger partial charge < -0.3 is 9.47 Å². The minimum absolute atomic E-state index is 0.00571. The van der Waals surface area contributed by atoms with Crippen molar-refractivity contribution in [2.24, 2.45) is 0 Å². The van der Waals surface area contributed by atoms with E-state index in [4.69, 9.17) is 32.8 Å². The maximum atomic E-state index is 13.5. The van der Waals surface area contributed by atoms with Crippen molar-refractivity contribution in [1.82, 2.24) is 0 Å². The molecule has 42 heavy (non-hydrogen) atoms. The van der Waals surface area contributed by atoms with E-state index in [1.54, 1.807) is 12.1 Å². The summed E-state index contributed by atoms with van der Waals surface area (Å²) in [7, 11) is 11.2. The van der Waals surface area contributed by atoms with Gasteiger partial charge in [-0.15, -0.1) is 0 Å². The van der Waals surface area contributed by atoms with Crippen LogP contribution in [0, 0.1) is 0 Å². The highest BCUT2D eigenvalue weighted by atomic mass is 32.2. The topological polar surface area (TPSA) is 107 Å². The van der Waals surface area contributed by atoms with Gasteiger partial charge in [0.1, 0.15) is 11.5 Å². The summed E-state index contributed by atoms with van der Waals surface area (Å²) in [5.74, 6) is -5.91. The molecule has 3 aromatic rings. The number of rotatable bonds is 9. The molecule has 3 rings (SSSR count). The molecule has 0 spiro atoms. The Balaban J connectivity index is 1.94. The second-order valence-corrected chi connectivity index (χ2v) is 10.4. The van der Waals surface area contributed by atoms with E-state index >= 15 is 0 Å². The first-order valence-electron chi connectivity index (χ1n) is 11.7. The van der Waals surface area contributed by atoms with Gasteiger partial charge in [-0.1, -0.05) is 48.8 Å². The zero-order valence-corrected chi connectivity index (χ0v) is 22.1. The molecule has 6 radical (unpaired) electrons. The minimum atomic E-state index is -6.47. The van der Waals surface area contributed by atoms with E-state index in [1.165, 1.54) is 18.2 Å². The fourth-order valence-electron chi connectivity index (χ4n) is 3.97. The van der Waals surface area contributed by atoms with Crippen LogP contribution in [0.25, 0.3) is 10.8 Å². The quantitative estimate of drug-likeness (QED) is 0.129. The molecule has 0 aliphatic heterocycles. The third-order valence-corrected chi connectivity index (χ3v) is 6.82. The Hall–Kier alpha value is -3.46. The van der Waals surface area contributed by atoms with Crippen molar-refractivity contribution in [2.75, 3.05) is 5.75 Å². The first kappa shape index (κ1) is 33.1. The van der Waals surface area contributed by atoms with E-state index in [0.29, 0.717) is 16.7 Å². The van der Waals surface area contributed by atoms with Crippen LogP contribution in [0.3, 0.4) is 0 Å². The number of carbonyl (C=O) groups is 2. The maximum absolute atomic E-state index is 13.5. The summed E-state index contributed by atoms with van der Waals surface area (Å²) in [6.45, 7) is 0. The molecule has 0 aromatic heterocycles. The summed E-state index contributed by atoms with van der Waals surface area (Å²) in [6.07, 6.45) is -12.8. The van der Waals surface area contributed by atoms with Crippen LogP contribution in [0.1, 0.15) is 37.4 Å². The second kappa shape index (κ2) is 12.0. The van der Waals surface area contributed by atoms with E-state index in [-0.39, 0.29) is 41.0 Å². The van der Waals surface area contributed by atoms with Gasteiger partial charge >= 0.3 is 29.9 Å². The van der Waals surface area contributed by atoms with Crippen molar-refractivity contribution in [3.63, 3.8) is 0 Å². The summed E-state index contributed by atoms with van der Waals surface area (Å²) in [5.41, 5.74) is -4.77. The highest BCUT2D eigenvalue weighted by molar-refractivity contribution is 7.85. The average Bonchev–Trinajstić information content (AvgIpc) is 2.89. The summed E-state index contributed by atoms with van der Waals surface area (Å²) < 4.78 is 121. The van der Waals surface area contributed by atoms with Crippen molar-refractivity contribution in [1.29, 1.82) is 0 Å². The molecule has 0 saturated heterocycles. The molecule has 0 fully saturated rings. The Morgan fingerprint density at radius 1 is 0.738 bits per heavy atom. The number of hydrogen-bond donors (Lipinski definition) is 1. The fourth-order valence-corrected chi connectivity index (χ4v) is 4.87. The molecular weight excluding hydrogens is 591 g/mol. The predicted molar refractivity (Wildman–Crippen MR) is 140 cm³/mol. The molecule has 0 saturated carbocycles. The number of alkyl halides is 6. The maximum Gasteiger partial charge on any atom is 0.438 e. The molecule has 3 aromatic carbocycles. The summed E-state index contributed by atoms with van der Waals surface area (Å²) in [5, 5.41) is 0.298. The molecule has 0 atom stereocenters. The first-order chi connectivity index (χ1) is 19.4.